The minimum absolute atomic E-state index is 0.509. The largest absolute Gasteiger partial charge is 0.382 e. The molecule has 0 bridgehead atoms. The highest BCUT2D eigenvalue weighted by Gasteiger charge is 2.16. The predicted molar refractivity (Wildman–Crippen MR) is 94.0 cm³/mol. The number of aromatic nitrogens is 2. The first-order valence-corrected chi connectivity index (χ1v) is 8.01. The van der Waals surface area contributed by atoms with Crippen LogP contribution in [0.1, 0.15) is 5.56 Å². The third kappa shape index (κ3) is 2.76. The number of rotatable bonds is 2. The molecule has 0 aliphatic rings. The molecule has 21 heavy (non-hydrogen) atoms. The van der Waals surface area contributed by atoms with Gasteiger partial charge in [0.05, 0.1) is 11.3 Å². The van der Waals surface area contributed by atoms with Gasteiger partial charge in [0.1, 0.15) is 0 Å². The first-order chi connectivity index (χ1) is 10.1. The molecule has 1 heterocycles. The van der Waals surface area contributed by atoms with Crippen molar-refractivity contribution in [1.82, 2.24) is 10.2 Å². The van der Waals surface area contributed by atoms with Crippen molar-refractivity contribution in [3.63, 3.8) is 0 Å². The Hall–Kier alpha value is -1.59. The molecule has 0 amide bonds. The zero-order valence-corrected chi connectivity index (χ0v) is 14.5. The van der Waals surface area contributed by atoms with Gasteiger partial charge in [0.25, 0.3) is 0 Å². The molecule has 0 aliphatic carbocycles. The second-order valence-corrected chi connectivity index (χ2v) is 6.66. The number of nitrogens with zero attached hydrogens (tertiary/aromatic N) is 1. The Balaban J connectivity index is 2.19. The van der Waals surface area contributed by atoms with Crippen molar-refractivity contribution >= 4 is 37.7 Å². The molecular weight excluding hydrogens is 394 g/mol. The molecule has 0 radical (unpaired) electrons. The lowest BCUT2D eigenvalue weighted by Crippen LogP contribution is -1.90. The molecule has 3 N–H and O–H groups in total. The summed E-state index contributed by atoms with van der Waals surface area (Å²) in [7, 11) is 0. The minimum Gasteiger partial charge on any atom is -0.382 e. The summed E-state index contributed by atoms with van der Waals surface area (Å²) in [5.41, 5.74) is 11.2. The second-order valence-electron chi connectivity index (χ2n) is 4.82. The summed E-state index contributed by atoms with van der Waals surface area (Å²) in [4.78, 5) is 0. The lowest BCUT2D eigenvalue weighted by atomic mass is 9.98. The topological polar surface area (TPSA) is 54.7 Å². The number of hydrogen-bond acceptors (Lipinski definition) is 2. The van der Waals surface area contributed by atoms with E-state index in [0.717, 1.165) is 36.9 Å². The average Bonchev–Trinajstić information content (AvgIpc) is 2.82. The maximum Gasteiger partial charge on any atom is 0.153 e. The Bertz CT molecular complexity index is 792. The molecule has 0 saturated carbocycles. The molecule has 0 spiro atoms. The molecule has 0 unspecified atom stereocenters. The van der Waals surface area contributed by atoms with Crippen molar-refractivity contribution < 1.29 is 0 Å². The molecule has 0 atom stereocenters. The van der Waals surface area contributed by atoms with E-state index in [2.05, 4.69) is 61.1 Å². The zero-order valence-electron chi connectivity index (χ0n) is 11.3. The van der Waals surface area contributed by atoms with E-state index in [1.54, 1.807) is 0 Å². The van der Waals surface area contributed by atoms with Crippen molar-refractivity contribution in [2.24, 2.45) is 0 Å². The summed E-state index contributed by atoms with van der Waals surface area (Å²) in [6.07, 6.45) is 0. The number of nitrogen functional groups attached to an aromatic ring is 1. The first kappa shape index (κ1) is 14.4. The van der Waals surface area contributed by atoms with E-state index in [0.29, 0.717) is 5.82 Å². The quantitative estimate of drug-likeness (QED) is 0.617. The van der Waals surface area contributed by atoms with Crippen LogP contribution in [0.5, 0.6) is 0 Å². The normalized spacial score (nSPS) is 10.8. The Kier molecular flexibility index (Phi) is 3.87. The van der Waals surface area contributed by atoms with Gasteiger partial charge in [-0.3, -0.25) is 5.10 Å². The summed E-state index contributed by atoms with van der Waals surface area (Å²) in [6, 6.07) is 14.2. The Labute approximate surface area is 139 Å². The highest BCUT2D eigenvalue weighted by atomic mass is 79.9. The number of aromatic amines is 1. The SMILES string of the molecule is Cc1cc(Br)ccc1-c1[nH]nc(N)c1-c1ccc(Br)cc1. The van der Waals surface area contributed by atoms with Crippen LogP contribution in [0.4, 0.5) is 5.82 Å². The number of hydrogen-bond donors (Lipinski definition) is 2. The summed E-state index contributed by atoms with van der Waals surface area (Å²) in [6.45, 7) is 2.07. The number of aryl methyl sites for hydroxylation is 1. The van der Waals surface area contributed by atoms with Gasteiger partial charge in [0, 0.05) is 14.5 Å². The molecule has 0 aliphatic heterocycles. The summed E-state index contributed by atoms with van der Waals surface area (Å²) < 4.78 is 2.09. The van der Waals surface area contributed by atoms with E-state index in [1.165, 1.54) is 0 Å². The van der Waals surface area contributed by atoms with Gasteiger partial charge in [-0.1, -0.05) is 50.1 Å². The fourth-order valence-corrected chi connectivity index (χ4v) is 3.11. The second kappa shape index (κ2) is 5.66. The van der Waals surface area contributed by atoms with Crippen LogP contribution in [-0.4, -0.2) is 10.2 Å². The fraction of sp³-hybridized carbons (Fsp3) is 0.0625. The van der Waals surface area contributed by atoms with E-state index < -0.39 is 0 Å². The fourth-order valence-electron chi connectivity index (χ4n) is 2.37. The lowest BCUT2D eigenvalue weighted by Gasteiger charge is -2.08. The van der Waals surface area contributed by atoms with Crippen LogP contribution in [0.15, 0.2) is 51.4 Å². The van der Waals surface area contributed by atoms with E-state index in [4.69, 9.17) is 5.73 Å². The van der Waals surface area contributed by atoms with Crippen LogP contribution in [-0.2, 0) is 0 Å². The maximum absolute atomic E-state index is 6.07. The molecule has 0 saturated heterocycles. The van der Waals surface area contributed by atoms with Crippen LogP contribution in [0.3, 0.4) is 0 Å². The number of benzene rings is 2. The molecule has 3 rings (SSSR count). The van der Waals surface area contributed by atoms with Gasteiger partial charge >= 0.3 is 0 Å². The van der Waals surface area contributed by atoms with Gasteiger partial charge in [0.2, 0.25) is 0 Å². The van der Waals surface area contributed by atoms with Crippen molar-refractivity contribution in [2.45, 2.75) is 6.92 Å². The molecule has 106 valence electrons. The maximum atomic E-state index is 6.07. The standard InChI is InChI=1S/C16H13Br2N3/c1-9-8-12(18)6-7-13(9)15-14(16(19)21-20-15)10-2-4-11(17)5-3-10/h2-8H,1H3,(H3,19,20,21). The highest BCUT2D eigenvalue weighted by molar-refractivity contribution is 9.10. The number of nitrogens with two attached hydrogens (primary N) is 1. The van der Waals surface area contributed by atoms with E-state index >= 15 is 0 Å². The van der Waals surface area contributed by atoms with E-state index in [-0.39, 0.29) is 0 Å². The van der Waals surface area contributed by atoms with Gasteiger partial charge in [-0.25, -0.2) is 0 Å². The predicted octanol–water partition coefficient (Wildman–Crippen LogP) is 5.16. The van der Waals surface area contributed by atoms with Crippen LogP contribution in [0.25, 0.3) is 22.4 Å². The van der Waals surface area contributed by atoms with Gasteiger partial charge in [-0.2, -0.15) is 5.10 Å². The molecule has 5 heteroatoms. The lowest BCUT2D eigenvalue weighted by molar-refractivity contribution is 1.10. The average molecular weight is 407 g/mol. The zero-order chi connectivity index (χ0) is 15.0. The van der Waals surface area contributed by atoms with Crippen molar-refractivity contribution in [2.75, 3.05) is 5.73 Å². The number of H-pyrrole nitrogens is 1. The smallest absolute Gasteiger partial charge is 0.153 e. The van der Waals surface area contributed by atoms with Crippen LogP contribution in [0.2, 0.25) is 0 Å². The van der Waals surface area contributed by atoms with Gasteiger partial charge in [-0.15, -0.1) is 0 Å². The Morgan fingerprint density at radius 1 is 1.00 bits per heavy atom. The molecule has 2 aromatic carbocycles. The summed E-state index contributed by atoms with van der Waals surface area (Å²) in [5, 5.41) is 7.25. The molecular formula is C16H13Br2N3. The molecule has 0 fully saturated rings. The molecule has 3 aromatic rings. The van der Waals surface area contributed by atoms with E-state index in [1.807, 2.05) is 30.3 Å². The minimum atomic E-state index is 0.509. The molecule has 3 nitrogen and oxygen atoms in total. The van der Waals surface area contributed by atoms with Crippen LogP contribution >= 0.6 is 31.9 Å². The van der Waals surface area contributed by atoms with Crippen molar-refractivity contribution in [1.29, 1.82) is 0 Å². The van der Waals surface area contributed by atoms with Crippen molar-refractivity contribution in [3.8, 4) is 22.4 Å². The molecule has 1 aromatic heterocycles. The Morgan fingerprint density at radius 3 is 2.33 bits per heavy atom. The number of nitrogens with one attached hydrogen (secondary N) is 1. The van der Waals surface area contributed by atoms with Gasteiger partial charge in [-0.05, 0) is 42.3 Å². The third-order valence-electron chi connectivity index (χ3n) is 3.38. The number of halogens is 2. The summed E-state index contributed by atoms with van der Waals surface area (Å²) in [5.74, 6) is 0.509. The van der Waals surface area contributed by atoms with Crippen molar-refractivity contribution in [3.05, 3.63) is 57.0 Å². The van der Waals surface area contributed by atoms with Gasteiger partial charge < -0.3 is 5.73 Å². The Morgan fingerprint density at radius 2 is 1.67 bits per heavy atom. The van der Waals surface area contributed by atoms with Gasteiger partial charge in [0.15, 0.2) is 5.82 Å². The summed E-state index contributed by atoms with van der Waals surface area (Å²) >= 11 is 6.94. The van der Waals surface area contributed by atoms with Crippen LogP contribution < -0.4 is 5.73 Å². The third-order valence-corrected chi connectivity index (χ3v) is 4.41. The number of anilines is 1. The first-order valence-electron chi connectivity index (χ1n) is 6.42. The van der Waals surface area contributed by atoms with Crippen LogP contribution in [0, 0.1) is 6.92 Å². The highest BCUT2D eigenvalue weighted by Crippen LogP contribution is 2.37. The monoisotopic (exact) mass is 405 g/mol. The van der Waals surface area contributed by atoms with E-state index in [9.17, 15) is 0 Å².